The Kier molecular flexibility index (Phi) is 15.6. The summed E-state index contributed by atoms with van der Waals surface area (Å²) in [6.45, 7) is 9.41. The fourth-order valence-corrected chi connectivity index (χ4v) is 1.31. The van der Waals surface area contributed by atoms with Crippen molar-refractivity contribution >= 4 is 0 Å². The zero-order valence-electron chi connectivity index (χ0n) is 12.5. The lowest BCUT2D eigenvalue weighted by atomic mass is 10.6. The summed E-state index contributed by atoms with van der Waals surface area (Å²) in [7, 11) is 1.90. The van der Waals surface area contributed by atoms with Crippen molar-refractivity contribution in [2.75, 3.05) is 66.4 Å². The summed E-state index contributed by atoms with van der Waals surface area (Å²) in [5, 5.41) is 3.01. The Hall–Kier alpha value is -0.240. The molecular formula is C13H29NO5. The van der Waals surface area contributed by atoms with Crippen LogP contribution in [-0.2, 0) is 23.7 Å². The maximum atomic E-state index is 5.42. The van der Waals surface area contributed by atoms with Gasteiger partial charge in [-0.3, -0.25) is 0 Å². The highest BCUT2D eigenvalue weighted by molar-refractivity contribution is 4.42. The lowest BCUT2D eigenvalue weighted by Crippen LogP contribution is -2.24. The van der Waals surface area contributed by atoms with Gasteiger partial charge in [0.05, 0.1) is 39.6 Å². The van der Waals surface area contributed by atoms with E-state index in [2.05, 4.69) is 5.32 Å². The molecule has 19 heavy (non-hydrogen) atoms. The van der Waals surface area contributed by atoms with Crippen molar-refractivity contribution < 1.29 is 23.7 Å². The van der Waals surface area contributed by atoms with E-state index in [0.717, 1.165) is 6.54 Å². The predicted molar refractivity (Wildman–Crippen MR) is 73.4 cm³/mol. The minimum Gasteiger partial charge on any atom is -0.378 e. The van der Waals surface area contributed by atoms with Gasteiger partial charge in [-0.15, -0.1) is 0 Å². The second kappa shape index (κ2) is 15.8. The average molecular weight is 279 g/mol. The summed E-state index contributed by atoms with van der Waals surface area (Å²) in [5.41, 5.74) is 0. The molecule has 0 amide bonds. The van der Waals surface area contributed by atoms with Crippen LogP contribution < -0.4 is 5.32 Å². The number of hydrogen-bond acceptors (Lipinski definition) is 6. The molecular weight excluding hydrogens is 250 g/mol. The smallest absolute Gasteiger partial charge is 0.180 e. The van der Waals surface area contributed by atoms with E-state index in [1.165, 1.54) is 0 Å². The van der Waals surface area contributed by atoms with Crippen LogP contribution in [0.1, 0.15) is 13.8 Å². The Morgan fingerprint density at radius 2 is 1.32 bits per heavy atom. The summed E-state index contributed by atoms with van der Waals surface area (Å²) in [6.07, 6.45) is -0.278. The fraction of sp³-hybridized carbons (Fsp3) is 1.00. The van der Waals surface area contributed by atoms with Crippen LogP contribution in [0.4, 0.5) is 0 Å². The van der Waals surface area contributed by atoms with Crippen molar-refractivity contribution in [3.8, 4) is 0 Å². The summed E-state index contributed by atoms with van der Waals surface area (Å²) >= 11 is 0. The predicted octanol–water partition coefficient (Wildman–Crippen LogP) is 0.655. The lowest BCUT2D eigenvalue weighted by Gasteiger charge is -2.16. The Morgan fingerprint density at radius 3 is 1.84 bits per heavy atom. The first-order chi connectivity index (χ1) is 9.35. The number of rotatable bonds is 15. The molecule has 0 atom stereocenters. The van der Waals surface area contributed by atoms with E-state index in [-0.39, 0.29) is 6.29 Å². The van der Waals surface area contributed by atoms with Crippen LogP contribution in [0.2, 0.25) is 0 Å². The van der Waals surface area contributed by atoms with Gasteiger partial charge in [0, 0.05) is 19.8 Å². The maximum Gasteiger partial charge on any atom is 0.180 e. The van der Waals surface area contributed by atoms with Gasteiger partial charge in [0.25, 0.3) is 0 Å². The van der Waals surface area contributed by atoms with Crippen molar-refractivity contribution in [3.63, 3.8) is 0 Å². The normalized spacial score (nSPS) is 11.4. The van der Waals surface area contributed by atoms with Crippen molar-refractivity contribution in [2.24, 2.45) is 0 Å². The largest absolute Gasteiger partial charge is 0.378 e. The third-order valence-corrected chi connectivity index (χ3v) is 2.20. The van der Waals surface area contributed by atoms with E-state index in [4.69, 9.17) is 23.7 Å². The average Bonchev–Trinajstić information content (AvgIpc) is 2.41. The van der Waals surface area contributed by atoms with E-state index in [9.17, 15) is 0 Å². The number of ether oxygens (including phenoxy) is 5. The van der Waals surface area contributed by atoms with Gasteiger partial charge in [-0.05, 0) is 20.9 Å². The first-order valence-electron chi connectivity index (χ1n) is 6.96. The number of hydrogen-bond donors (Lipinski definition) is 1. The molecule has 0 fully saturated rings. The molecule has 0 radical (unpaired) electrons. The highest BCUT2D eigenvalue weighted by atomic mass is 16.7. The van der Waals surface area contributed by atoms with E-state index < -0.39 is 0 Å². The Labute approximate surface area is 116 Å². The van der Waals surface area contributed by atoms with E-state index in [1.54, 1.807) is 0 Å². The second-order valence-electron chi connectivity index (χ2n) is 3.74. The van der Waals surface area contributed by atoms with Gasteiger partial charge in [-0.25, -0.2) is 0 Å². The third kappa shape index (κ3) is 14.0. The quantitative estimate of drug-likeness (QED) is 0.351. The van der Waals surface area contributed by atoms with Gasteiger partial charge in [-0.2, -0.15) is 0 Å². The highest BCUT2D eigenvalue weighted by Crippen LogP contribution is 1.96. The number of likely N-dealkylation sites (N-methyl/N-ethyl adjacent to an activating group) is 1. The SMILES string of the molecule is CCOC(COCCOCCOCCNC)OCC. The Bertz CT molecular complexity index is 165. The maximum absolute atomic E-state index is 5.42. The van der Waals surface area contributed by atoms with Gasteiger partial charge in [0.15, 0.2) is 6.29 Å². The highest BCUT2D eigenvalue weighted by Gasteiger charge is 2.07. The topological polar surface area (TPSA) is 58.2 Å². The van der Waals surface area contributed by atoms with Crippen LogP contribution in [-0.4, -0.2) is 72.7 Å². The minimum atomic E-state index is -0.278. The van der Waals surface area contributed by atoms with Crippen LogP contribution in [0, 0.1) is 0 Å². The molecule has 0 bridgehead atoms. The molecule has 6 heteroatoms. The van der Waals surface area contributed by atoms with Crippen molar-refractivity contribution in [3.05, 3.63) is 0 Å². The third-order valence-electron chi connectivity index (χ3n) is 2.20. The van der Waals surface area contributed by atoms with Crippen molar-refractivity contribution in [1.82, 2.24) is 5.32 Å². The van der Waals surface area contributed by atoms with Crippen LogP contribution in [0.15, 0.2) is 0 Å². The van der Waals surface area contributed by atoms with Gasteiger partial charge in [-0.1, -0.05) is 0 Å². The van der Waals surface area contributed by atoms with Crippen LogP contribution in [0.5, 0.6) is 0 Å². The zero-order valence-corrected chi connectivity index (χ0v) is 12.5. The molecule has 0 aromatic rings. The zero-order chi connectivity index (χ0) is 14.2. The molecule has 0 saturated carbocycles. The second-order valence-corrected chi connectivity index (χ2v) is 3.74. The van der Waals surface area contributed by atoms with Crippen molar-refractivity contribution in [2.45, 2.75) is 20.1 Å². The van der Waals surface area contributed by atoms with Gasteiger partial charge in [0.2, 0.25) is 0 Å². The first-order valence-corrected chi connectivity index (χ1v) is 6.96. The minimum absolute atomic E-state index is 0.278. The molecule has 1 N–H and O–H groups in total. The van der Waals surface area contributed by atoms with E-state index in [0.29, 0.717) is 52.9 Å². The van der Waals surface area contributed by atoms with Crippen LogP contribution >= 0.6 is 0 Å². The molecule has 0 saturated heterocycles. The monoisotopic (exact) mass is 279 g/mol. The Morgan fingerprint density at radius 1 is 0.789 bits per heavy atom. The van der Waals surface area contributed by atoms with Crippen LogP contribution in [0.3, 0.4) is 0 Å². The van der Waals surface area contributed by atoms with Gasteiger partial charge >= 0.3 is 0 Å². The van der Waals surface area contributed by atoms with Gasteiger partial charge in [0.1, 0.15) is 0 Å². The fourth-order valence-electron chi connectivity index (χ4n) is 1.31. The molecule has 0 aliphatic heterocycles. The summed E-state index contributed by atoms with van der Waals surface area (Å²) in [6, 6.07) is 0. The van der Waals surface area contributed by atoms with E-state index >= 15 is 0 Å². The molecule has 0 aromatic carbocycles. The standard InChI is InChI=1S/C13H29NO5/c1-4-18-13(19-5-2)12-17-11-10-16-9-8-15-7-6-14-3/h13-14H,4-12H2,1-3H3. The summed E-state index contributed by atoms with van der Waals surface area (Å²) < 4.78 is 26.8. The van der Waals surface area contributed by atoms with E-state index in [1.807, 2.05) is 20.9 Å². The van der Waals surface area contributed by atoms with Gasteiger partial charge < -0.3 is 29.0 Å². The molecule has 0 heterocycles. The molecule has 116 valence electrons. The molecule has 0 aliphatic rings. The molecule has 0 unspecified atom stereocenters. The first kappa shape index (κ1) is 18.8. The molecule has 6 nitrogen and oxygen atoms in total. The molecule has 0 spiro atoms. The summed E-state index contributed by atoms with van der Waals surface area (Å²) in [4.78, 5) is 0. The van der Waals surface area contributed by atoms with Crippen LogP contribution in [0.25, 0.3) is 0 Å². The molecule has 0 aliphatic carbocycles. The molecule has 0 rings (SSSR count). The molecule has 0 aromatic heterocycles. The number of nitrogens with one attached hydrogen (secondary N) is 1. The Balaban J connectivity index is 3.20. The lowest BCUT2D eigenvalue weighted by molar-refractivity contribution is -0.169. The van der Waals surface area contributed by atoms with Crippen molar-refractivity contribution in [1.29, 1.82) is 0 Å². The summed E-state index contributed by atoms with van der Waals surface area (Å²) in [5.74, 6) is 0.